The van der Waals surface area contributed by atoms with Crippen LogP contribution in [0.5, 0.6) is 5.75 Å². The van der Waals surface area contributed by atoms with Gasteiger partial charge in [-0.05, 0) is 36.6 Å². The van der Waals surface area contributed by atoms with Gasteiger partial charge in [0.05, 0.1) is 12.7 Å². The smallest absolute Gasteiger partial charge is 0.166 e. The predicted octanol–water partition coefficient (Wildman–Crippen LogP) is 2.15. The molecule has 3 rings (SSSR count). The second kappa shape index (κ2) is 4.09. The van der Waals surface area contributed by atoms with Crippen LogP contribution < -0.4 is 10.1 Å². The Morgan fingerprint density at radius 3 is 2.94 bits per heavy atom. The molecule has 2 fully saturated rings. The maximum absolute atomic E-state index is 12.0. The van der Waals surface area contributed by atoms with Gasteiger partial charge in [0.25, 0.3) is 0 Å². The molecule has 18 heavy (non-hydrogen) atoms. The lowest BCUT2D eigenvalue weighted by atomic mass is 9.92. The van der Waals surface area contributed by atoms with E-state index in [1.54, 1.807) is 7.11 Å². The molecule has 1 aromatic carbocycles. The quantitative estimate of drug-likeness (QED) is 0.826. The van der Waals surface area contributed by atoms with Crippen molar-refractivity contribution < 1.29 is 9.53 Å². The highest BCUT2D eigenvalue weighted by Crippen LogP contribution is 2.56. The predicted molar refractivity (Wildman–Crippen MR) is 70.3 cm³/mol. The largest absolute Gasteiger partial charge is 0.496 e. The summed E-state index contributed by atoms with van der Waals surface area (Å²) < 4.78 is 5.30. The number of hydrogen-bond acceptors (Lipinski definition) is 3. The fourth-order valence-electron chi connectivity index (χ4n) is 3.22. The van der Waals surface area contributed by atoms with Crippen molar-refractivity contribution in [1.82, 2.24) is 5.32 Å². The van der Waals surface area contributed by atoms with Gasteiger partial charge in [-0.3, -0.25) is 4.79 Å². The number of methoxy groups -OCH3 is 1. The molecule has 0 amide bonds. The summed E-state index contributed by atoms with van der Waals surface area (Å²) in [6.45, 7) is 4.05. The number of hydrogen-bond donors (Lipinski definition) is 1. The molecule has 1 aliphatic heterocycles. The molecule has 0 aromatic heterocycles. The van der Waals surface area contributed by atoms with E-state index in [9.17, 15) is 4.79 Å². The monoisotopic (exact) mass is 245 g/mol. The van der Waals surface area contributed by atoms with Crippen LogP contribution >= 0.6 is 0 Å². The zero-order valence-corrected chi connectivity index (χ0v) is 11.0. The van der Waals surface area contributed by atoms with Crippen LogP contribution in [0.1, 0.15) is 35.7 Å². The van der Waals surface area contributed by atoms with E-state index in [0.29, 0.717) is 17.6 Å². The third kappa shape index (κ3) is 1.57. The third-order valence-corrected chi connectivity index (χ3v) is 4.46. The van der Waals surface area contributed by atoms with Gasteiger partial charge >= 0.3 is 0 Å². The van der Waals surface area contributed by atoms with Crippen molar-refractivity contribution in [3.63, 3.8) is 0 Å². The highest BCUT2D eigenvalue weighted by molar-refractivity contribution is 5.98. The lowest BCUT2D eigenvalue weighted by Crippen LogP contribution is -2.19. The molecule has 0 radical (unpaired) electrons. The molecule has 3 nitrogen and oxygen atoms in total. The summed E-state index contributed by atoms with van der Waals surface area (Å²) in [4.78, 5) is 12.0. The molecule has 0 spiro atoms. The zero-order chi connectivity index (χ0) is 12.8. The lowest BCUT2D eigenvalue weighted by Gasteiger charge is -2.15. The molecule has 1 aromatic rings. The molecule has 1 aliphatic carbocycles. The van der Waals surface area contributed by atoms with Crippen molar-refractivity contribution in [3.05, 3.63) is 29.3 Å². The average Bonchev–Trinajstić information content (AvgIpc) is 2.99. The van der Waals surface area contributed by atoms with Gasteiger partial charge < -0.3 is 10.1 Å². The van der Waals surface area contributed by atoms with E-state index in [2.05, 4.69) is 17.4 Å². The zero-order valence-electron chi connectivity index (χ0n) is 11.0. The standard InChI is InChI=1S/C15H19NO2/c1-3-13(17)12-6-10(4-5-14(12)18-2)15-7-11(15)8-16-9-15/h4-6,11,16H,3,7-9H2,1-2H3. The molecule has 2 aliphatic rings. The van der Waals surface area contributed by atoms with Crippen molar-refractivity contribution in [2.75, 3.05) is 20.2 Å². The number of carbonyl (C=O) groups excluding carboxylic acids is 1. The number of piperidine rings is 1. The normalized spacial score (nSPS) is 28.9. The van der Waals surface area contributed by atoms with Crippen molar-refractivity contribution in [2.45, 2.75) is 25.2 Å². The highest BCUT2D eigenvalue weighted by atomic mass is 16.5. The fourth-order valence-corrected chi connectivity index (χ4v) is 3.22. The molecular weight excluding hydrogens is 226 g/mol. The number of ketones is 1. The first-order valence-corrected chi connectivity index (χ1v) is 6.63. The summed E-state index contributed by atoms with van der Waals surface area (Å²) in [6.07, 6.45) is 1.78. The summed E-state index contributed by atoms with van der Waals surface area (Å²) in [5.41, 5.74) is 2.34. The number of nitrogens with one attached hydrogen (secondary N) is 1. The minimum Gasteiger partial charge on any atom is -0.496 e. The van der Waals surface area contributed by atoms with E-state index in [1.807, 2.05) is 13.0 Å². The van der Waals surface area contributed by atoms with E-state index < -0.39 is 0 Å². The van der Waals surface area contributed by atoms with Gasteiger partial charge in [0, 0.05) is 18.4 Å². The first-order valence-electron chi connectivity index (χ1n) is 6.63. The topological polar surface area (TPSA) is 38.3 Å². The van der Waals surface area contributed by atoms with Gasteiger partial charge in [-0.1, -0.05) is 13.0 Å². The number of rotatable bonds is 4. The second-order valence-electron chi connectivity index (χ2n) is 5.38. The van der Waals surface area contributed by atoms with Crippen LogP contribution in [0, 0.1) is 5.92 Å². The number of Topliss-reactive ketones (excluding diaryl/α,β-unsaturated/α-hetero) is 1. The Morgan fingerprint density at radius 2 is 2.39 bits per heavy atom. The maximum Gasteiger partial charge on any atom is 0.166 e. The van der Waals surface area contributed by atoms with E-state index in [-0.39, 0.29) is 5.78 Å². The van der Waals surface area contributed by atoms with Crippen LogP contribution in [0.25, 0.3) is 0 Å². The van der Waals surface area contributed by atoms with Gasteiger partial charge in [-0.2, -0.15) is 0 Å². The number of carbonyl (C=O) groups is 1. The Labute approximate surface area is 108 Å². The molecule has 1 saturated heterocycles. The van der Waals surface area contributed by atoms with Crippen molar-refractivity contribution in [1.29, 1.82) is 0 Å². The van der Waals surface area contributed by atoms with E-state index >= 15 is 0 Å². The minimum atomic E-state index is 0.160. The minimum absolute atomic E-state index is 0.160. The Balaban J connectivity index is 2.00. The lowest BCUT2D eigenvalue weighted by molar-refractivity contribution is 0.0985. The molecule has 1 heterocycles. The first-order chi connectivity index (χ1) is 8.71. The summed E-state index contributed by atoms with van der Waals surface area (Å²) in [7, 11) is 1.62. The molecular formula is C15H19NO2. The van der Waals surface area contributed by atoms with Crippen LogP contribution in [0.15, 0.2) is 18.2 Å². The molecule has 1 saturated carbocycles. The molecule has 3 heteroatoms. The molecule has 2 atom stereocenters. The van der Waals surface area contributed by atoms with E-state index in [0.717, 1.165) is 24.6 Å². The van der Waals surface area contributed by atoms with E-state index in [1.165, 1.54) is 12.0 Å². The Bertz CT molecular complexity index is 497. The van der Waals surface area contributed by atoms with Crippen LogP contribution in [0.4, 0.5) is 0 Å². The van der Waals surface area contributed by atoms with Gasteiger partial charge in [0.1, 0.15) is 5.75 Å². The summed E-state index contributed by atoms with van der Waals surface area (Å²) in [5, 5.41) is 3.44. The fraction of sp³-hybridized carbons (Fsp3) is 0.533. The SMILES string of the molecule is CCC(=O)c1cc(C23CNCC2C3)ccc1OC. The van der Waals surface area contributed by atoms with Gasteiger partial charge in [-0.15, -0.1) is 0 Å². The molecule has 96 valence electrons. The highest BCUT2D eigenvalue weighted by Gasteiger charge is 2.58. The number of ether oxygens (including phenoxy) is 1. The Hall–Kier alpha value is -1.35. The number of fused-ring (bicyclic) bond motifs is 1. The molecule has 1 N–H and O–H groups in total. The van der Waals surface area contributed by atoms with Crippen molar-refractivity contribution >= 4 is 5.78 Å². The Morgan fingerprint density at radius 1 is 1.56 bits per heavy atom. The average molecular weight is 245 g/mol. The van der Waals surface area contributed by atoms with Gasteiger partial charge in [0.2, 0.25) is 0 Å². The van der Waals surface area contributed by atoms with Gasteiger partial charge in [0.15, 0.2) is 5.78 Å². The maximum atomic E-state index is 12.0. The van der Waals surface area contributed by atoms with E-state index in [4.69, 9.17) is 4.74 Å². The third-order valence-electron chi connectivity index (χ3n) is 4.46. The van der Waals surface area contributed by atoms with Crippen molar-refractivity contribution in [3.8, 4) is 5.75 Å². The van der Waals surface area contributed by atoms with Crippen molar-refractivity contribution in [2.24, 2.45) is 5.92 Å². The number of benzene rings is 1. The van der Waals surface area contributed by atoms with Gasteiger partial charge in [-0.25, -0.2) is 0 Å². The van der Waals surface area contributed by atoms with Crippen LogP contribution in [-0.4, -0.2) is 26.0 Å². The summed E-state index contributed by atoms with van der Waals surface area (Å²) in [5.74, 6) is 1.62. The summed E-state index contributed by atoms with van der Waals surface area (Å²) in [6, 6.07) is 6.12. The summed E-state index contributed by atoms with van der Waals surface area (Å²) >= 11 is 0. The second-order valence-corrected chi connectivity index (χ2v) is 5.38. The van der Waals surface area contributed by atoms with Crippen LogP contribution in [-0.2, 0) is 5.41 Å². The molecule has 2 unspecified atom stereocenters. The molecule has 0 bridgehead atoms. The van der Waals surface area contributed by atoms with Crippen LogP contribution in [0.2, 0.25) is 0 Å². The van der Waals surface area contributed by atoms with Crippen LogP contribution in [0.3, 0.4) is 0 Å². The first kappa shape index (κ1) is 11.7. The Kier molecular flexibility index (Phi) is 2.67.